The molecular weight excluding hydrogens is 475 g/mol. The largest absolute Gasteiger partial charge is 0.393 e. The van der Waals surface area contributed by atoms with Crippen LogP contribution >= 0.6 is 24.0 Å². The van der Waals surface area contributed by atoms with Gasteiger partial charge in [0.2, 0.25) is 0 Å². The van der Waals surface area contributed by atoms with Gasteiger partial charge in [-0.2, -0.15) is 0 Å². The SMILES string of the molecule is CN=C(NCc1ccc(CN2CCC(O)CC2)cc1)N1CC2CCCCC2C1.I. The molecule has 2 saturated heterocycles. The van der Waals surface area contributed by atoms with Crippen molar-refractivity contribution in [1.29, 1.82) is 0 Å². The molecule has 2 aliphatic heterocycles. The fourth-order valence-corrected chi connectivity index (χ4v) is 5.19. The number of fused-ring (bicyclic) bond motifs is 1. The van der Waals surface area contributed by atoms with Gasteiger partial charge in [-0.05, 0) is 48.6 Å². The summed E-state index contributed by atoms with van der Waals surface area (Å²) in [5.74, 6) is 2.82. The first-order chi connectivity index (χ1) is 13.7. The summed E-state index contributed by atoms with van der Waals surface area (Å²) in [7, 11) is 1.91. The van der Waals surface area contributed by atoms with Crippen LogP contribution in [0.5, 0.6) is 0 Å². The molecule has 2 heterocycles. The van der Waals surface area contributed by atoms with Crippen LogP contribution in [0.25, 0.3) is 0 Å². The molecule has 4 rings (SSSR count). The lowest BCUT2D eigenvalue weighted by Gasteiger charge is -2.29. The van der Waals surface area contributed by atoms with Crippen LogP contribution < -0.4 is 5.32 Å². The van der Waals surface area contributed by atoms with Gasteiger partial charge in [0.15, 0.2) is 5.96 Å². The lowest BCUT2D eigenvalue weighted by Crippen LogP contribution is -2.39. The summed E-state index contributed by atoms with van der Waals surface area (Å²) >= 11 is 0. The Labute approximate surface area is 193 Å². The number of likely N-dealkylation sites (tertiary alicyclic amines) is 2. The van der Waals surface area contributed by atoms with Crippen LogP contribution in [0.2, 0.25) is 0 Å². The van der Waals surface area contributed by atoms with E-state index < -0.39 is 0 Å². The molecule has 1 saturated carbocycles. The van der Waals surface area contributed by atoms with Gasteiger partial charge in [-0.3, -0.25) is 9.89 Å². The Hall–Kier alpha value is -0.860. The summed E-state index contributed by atoms with van der Waals surface area (Å²) in [5.41, 5.74) is 2.66. The van der Waals surface area contributed by atoms with Crippen LogP contribution in [0.4, 0.5) is 0 Å². The maximum Gasteiger partial charge on any atom is 0.193 e. The maximum absolute atomic E-state index is 9.65. The second-order valence-electron chi connectivity index (χ2n) is 8.93. The average molecular weight is 512 g/mol. The molecule has 2 unspecified atom stereocenters. The highest BCUT2D eigenvalue weighted by Gasteiger charge is 2.35. The van der Waals surface area contributed by atoms with E-state index in [0.29, 0.717) is 0 Å². The van der Waals surface area contributed by atoms with Crippen molar-refractivity contribution in [2.75, 3.05) is 33.2 Å². The molecule has 29 heavy (non-hydrogen) atoms. The van der Waals surface area contributed by atoms with E-state index in [9.17, 15) is 5.11 Å². The van der Waals surface area contributed by atoms with Gasteiger partial charge in [-0.25, -0.2) is 0 Å². The van der Waals surface area contributed by atoms with E-state index in [2.05, 4.69) is 44.4 Å². The zero-order chi connectivity index (χ0) is 19.3. The zero-order valence-corrected chi connectivity index (χ0v) is 20.1. The predicted octanol–water partition coefficient (Wildman–Crippen LogP) is 3.46. The fourth-order valence-electron chi connectivity index (χ4n) is 5.19. The molecule has 3 aliphatic rings. The van der Waals surface area contributed by atoms with Gasteiger partial charge in [0, 0.05) is 46.3 Å². The monoisotopic (exact) mass is 512 g/mol. The predicted molar refractivity (Wildman–Crippen MR) is 130 cm³/mol. The Morgan fingerprint density at radius 3 is 2.17 bits per heavy atom. The number of piperidine rings is 1. The molecule has 5 nitrogen and oxygen atoms in total. The molecule has 2 atom stereocenters. The number of hydrogen-bond acceptors (Lipinski definition) is 3. The van der Waals surface area contributed by atoms with Crippen LogP contribution in [0, 0.1) is 11.8 Å². The Bertz CT molecular complexity index is 643. The highest BCUT2D eigenvalue weighted by Crippen LogP contribution is 2.35. The average Bonchev–Trinajstić information content (AvgIpc) is 3.15. The topological polar surface area (TPSA) is 51.1 Å². The fraction of sp³-hybridized carbons (Fsp3) is 0.696. The Morgan fingerprint density at radius 2 is 1.59 bits per heavy atom. The van der Waals surface area contributed by atoms with E-state index in [4.69, 9.17) is 0 Å². The number of aliphatic hydroxyl groups is 1. The van der Waals surface area contributed by atoms with Gasteiger partial charge >= 0.3 is 0 Å². The number of aliphatic imine (C=N–C) groups is 1. The lowest BCUT2D eigenvalue weighted by atomic mass is 9.82. The molecule has 3 fully saturated rings. The summed E-state index contributed by atoms with van der Waals surface area (Å²) in [6.45, 7) is 6.16. The zero-order valence-electron chi connectivity index (χ0n) is 17.7. The molecule has 1 aliphatic carbocycles. The van der Waals surface area contributed by atoms with E-state index in [1.807, 2.05) is 7.05 Å². The van der Waals surface area contributed by atoms with Crippen molar-refractivity contribution in [3.63, 3.8) is 0 Å². The molecule has 0 bridgehead atoms. The van der Waals surface area contributed by atoms with Crippen LogP contribution in [0.3, 0.4) is 0 Å². The van der Waals surface area contributed by atoms with Crippen LogP contribution in [0.1, 0.15) is 49.7 Å². The number of guanidine groups is 1. The summed E-state index contributed by atoms with van der Waals surface area (Å²) in [6.07, 6.45) is 7.32. The number of nitrogens with zero attached hydrogens (tertiary/aromatic N) is 3. The van der Waals surface area contributed by atoms with Gasteiger partial charge in [-0.1, -0.05) is 37.1 Å². The molecule has 1 aromatic rings. The van der Waals surface area contributed by atoms with Crippen molar-refractivity contribution in [2.45, 2.75) is 57.7 Å². The third-order valence-corrected chi connectivity index (χ3v) is 6.92. The molecule has 2 N–H and O–H groups in total. The molecule has 1 aromatic carbocycles. The smallest absolute Gasteiger partial charge is 0.193 e. The van der Waals surface area contributed by atoms with E-state index in [-0.39, 0.29) is 30.1 Å². The number of aliphatic hydroxyl groups excluding tert-OH is 1. The third-order valence-electron chi connectivity index (χ3n) is 6.92. The summed E-state index contributed by atoms with van der Waals surface area (Å²) in [4.78, 5) is 9.46. The normalized spacial score (nSPS) is 26.1. The Morgan fingerprint density at radius 1 is 1.00 bits per heavy atom. The first kappa shape index (κ1) is 22.8. The van der Waals surface area contributed by atoms with E-state index in [0.717, 1.165) is 56.8 Å². The van der Waals surface area contributed by atoms with Crippen molar-refractivity contribution >= 4 is 29.9 Å². The van der Waals surface area contributed by atoms with Crippen molar-refractivity contribution in [3.8, 4) is 0 Å². The van der Waals surface area contributed by atoms with E-state index in [1.54, 1.807) is 0 Å². The molecule has 0 radical (unpaired) electrons. The van der Waals surface area contributed by atoms with E-state index in [1.165, 1.54) is 49.9 Å². The molecular formula is C23H37IN4O. The highest BCUT2D eigenvalue weighted by atomic mass is 127. The maximum atomic E-state index is 9.65. The molecule has 0 aromatic heterocycles. The van der Waals surface area contributed by atoms with Gasteiger partial charge in [0.25, 0.3) is 0 Å². The second kappa shape index (κ2) is 11.0. The minimum absolute atomic E-state index is 0. The number of nitrogens with one attached hydrogen (secondary N) is 1. The number of rotatable bonds is 4. The van der Waals surface area contributed by atoms with Gasteiger partial charge in [-0.15, -0.1) is 24.0 Å². The van der Waals surface area contributed by atoms with E-state index >= 15 is 0 Å². The Kier molecular flexibility index (Phi) is 8.62. The minimum atomic E-state index is -0.0984. The number of hydrogen-bond donors (Lipinski definition) is 2. The summed E-state index contributed by atoms with van der Waals surface area (Å²) < 4.78 is 0. The first-order valence-electron chi connectivity index (χ1n) is 11.1. The molecule has 6 heteroatoms. The quantitative estimate of drug-likeness (QED) is 0.369. The van der Waals surface area contributed by atoms with Crippen molar-refractivity contribution in [2.24, 2.45) is 16.8 Å². The number of benzene rings is 1. The summed E-state index contributed by atoms with van der Waals surface area (Å²) in [5, 5.41) is 13.2. The van der Waals surface area contributed by atoms with Gasteiger partial charge in [0.1, 0.15) is 0 Å². The van der Waals surface area contributed by atoms with Crippen LogP contribution in [-0.4, -0.2) is 60.2 Å². The minimum Gasteiger partial charge on any atom is -0.393 e. The lowest BCUT2D eigenvalue weighted by molar-refractivity contribution is 0.0792. The summed E-state index contributed by atoms with van der Waals surface area (Å²) in [6, 6.07) is 8.96. The van der Waals surface area contributed by atoms with Crippen LogP contribution in [-0.2, 0) is 13.1 Å². The van der Waals surface area contributed by atoms with Crippen LogP contribution in [0.15, 0.2) is 29.3 Å². The highest BCUT2D eigenvalue weighted by molar-refractivity contribution is 14.0. The van der Waals surface area contributed by atoms with Gasteiger partial charge < -0.3 is 15.3 Å². The van der Waals surface area contributed by atoms with Crippen molar-refractivity contribution in [3.05, 3.63) is 35.4 Å². The first-order valence-corrected chi connectivity index (χ1v) is 11.1. The third kappa shape index (κ3) is 6.07. The van der Waals surface area contributed by atoms with Crippen molar-refractivity contribution in [1.82, 2.24) is 15.1 Å². The number of halogens is 1. The molecule has 162 valence electrons. The Balaban J connectivity index is 0.00000240. The molecule has 0 spiro atoms. The standard InChI is InChI=1S/C23H36N4O.HI/c1-24-23(27-16-20-4-2-3-5-21(20)17-27)25-14-18-6-8-19(9-7-18)15-26-12-10-22(28)11-13-26;/h6-9,20-22,28H,2-5,10-17H2,1H3,(H,24,25);1H. The van der Waals surface area contributed by atoms with Gasteiger partial charge in [0.05, 0.1) is 6.10 Å². The molecule has 0 amide bonds. The van der Waals surface area contributed by atoms with Crippen molar-refractivity contribution < 1.29 is 5.11 Å². The second-order valence-corrected chi connectivity index (χ2v) is 8.93.